The maximum Gasteiger partial charge on any atom is 0.276 e. The number of fused-ring (bicyclic) bond motifs is 1. The maximum atomic E-state index is 11.5. The van der Waals surface area contributed by atoms with E-state index in [1.807, 2.05) is 24.6 Å². The van der Waals surface area contributed by atoms with Crippen LogP contribution in [0.3, 0.4) is 0 Å². The van der Waals surface area contributed by atoms with Crippen molar-refractivity contribution < 1.29 is 0 Å². The number of rotatable bonds is 0. The molecule has 0 bridgehead atoms. The Morgan fingerprint density at radius 2 is 2.15 bits per heavy atom. The molecule has 2 aromatic rings. The lowest BCUT2D eigenvalue weighted by Crippen LogP contribution is -2.10. The van der Waals surface area contributed by atoms with Crippen LogP contribution in [0.15, 0.2) is 10.9 Å². The summed E-state index contributed by atoms with van der Waals surface area (Å²) in [6.45, 7) is 1.94. The van der Waals surface area contributed by atoms with Gasteiger partial charge in [-0.3, -0.25) is 9.78 Å². The van der Waals surface area contributed by atoms with Gasteiger partial charge in [-0.15, -0.1) is 0 Å². The number of aryl methyl sites for hydroxylation is 2. The molecule has 2 aromatic heterocycles. The Balaban J connectivity index is 3.12. The van der Waals surface area contributed by atoms with Crippen LogP contribution in [0.1, 0.15) is 5.69 Å². The fourth-order valence-electron chi connectivity index (χ4n) is 1.42. The highest BCUT2D eigenvalue weighted by Gasteiger charge is 2.05. The minimum atomic E-state index is -0.144. The van der Waals surface area contributed by atoms with E-state index in [0.717, 1.165) is 11.2 Å². The van der Waals surface area contributed by atoms with E-state index < -0.39 is 0 Å². The molecular weight excluding hydrogens is 186 g/mol. The molecule has 0 spiro atoms. The first-order valence-electron chi connectivity index (χ1n) is 3.88. The number of nitrogens with zero attached hydrogens (tertiary/aromatic N) is 1. The van der Waals surface area contributed by atoms with Gasteiger partial charge in [-0.2, -0.15) is 0 Å². The first-order valence-corrected chi connectivity index (χ1v) is 4.29. The number of hydrogen-bond donors (Lipinski definition) is 2. The monoisotopic (exact) mass is 195 g/mol. The number of aromatic nitrogens is 3. The van der Waals surface area contributed by atoms with Gasteiger partial charge in [0.05, 0.1) is 5.52 Å². The zero-order valence-corrected chi connectivity index (χ0v) is 8.16. The van der Waals surface area contributed by atoms with Crippen LogP contribution in [0.4, 0.5) is 0 Å². The van der Waals surface area contributed by atoms with Gasteiger partial charge in [-0.25, -0.2) is 0 Å². The second-order valence-electron chi connectivity index (χ2n) is 3.02. The number of aromatic amines is 2. The molecule has 0 fully saturated rings. The van der Waals surface area contributed by atoms with Crippen molar-refractivity contribution >= 4 is 23.3 Å². The van der Waals surface area contributed by atoms with Crippen LogP contribution in [-0.2, 0) is 7.05 Å². The Labute approximate surface area is 79.2 Å². The molecule has 0 unspecified atom stereocenters. The largest absolute Gasteiger partial charge is 0.342 e. The molecule has 0 atom stereocenters. The van der Waals surface area contributed by atoms with Crippen molar-refractivity contribution in [3.8, 4) is 0 Å². The second kappa shape index (κ2) is 2.56. The molecule has 0 aliphatic carbocycles. The van der Waals surface area contributed by atoms with Crippen molar-refractivity contribution in [3.63, 3.8) is 0 Å². The summed E-state index contributed by atoms with van der Waals surface area (Å²) in [4.78, 5) is 17.0. The van der Waals surface area contributed by atoms with Crippen LogP contribution in [-0.4, -0.2) is 14.5 Å². The zero-order chi connectivity index (χ0) is 9.59. The average Bonchev–Trinajstić information content (AvgIpc) is 2.27. The van der Waals surface area contributed by atoms with Gasteiger partial charge in [-0.1, -0.05) is 0 Å². The van der Waals surface area contributed by atoms with E-state index in [1.165, 1.54) is 0 Å². The molecule has 0 aliphatic heterocycles. The molecule has 68 valence electrons. The smallest absolute Gasteiger partial charge is 0.276 e. The molecule has 13 heavy (non-hydrogen) atoms. The van der Waals surface area contributed by atoms with Crippen molar-refractivity contribution in [2.75, 3.05) is 0 Å². The summed E-state index contributed by atoms with van der Waals surface area (Å²) in [6.07, 6.45) is 0. The highest BCUT2D eigenvalue weighted by molar-refractivity contribution is 7.71. The minimum absolute atomic E-state index is 0.144. The van der Waals surface area contributed by atoms with E-state index in [9.17, 15) is 4.79 Å². The van der Waals surface area contributed by atoms with E-state index in [0.29, 0.717) is 10.3 Å². The predicted molar refractivity (Wildman–Crippen MR) is 53.5 cm³/mol. The van der Waals surface area contributed by atoms with Crippen molar-refractivity contribution in [2.45, 2.75) is 6.92 Å². The SMILES string of the molecule is Cc1cc2[nH]c(=S)[nH]c(=O)c2n1C. The van der Waals surface area contributed by atoms with E-state index in [2.05, 4.69) is 9.97 Å². The summed E-state index contributed by atoms with van der Waals surface area (Å²) in [5.74, 6) is 0. The first-order chi connectivity index (χ1) is 6.09. The lowest BCUT2D eigenvalue weighted by Gasteiger charge is -1.96. The molecule has 0 amide bonds. The van der Waals surface area contributed by atoms with Gasteiger partial charge in [-0.05, 0) is 25.2 Å². The third-order valence-electron chi connectivity index (χ3n) is 2.16. The molecule has 5 heteroatoms. The standard InChI is InChI=1S/C8H9N3OS/c1-4-3-5-6(11(4)2)7(12)10-8(13)9-5/h3H,1-2H3,(H2,9,10,12,13). The third kappa shape index (κ3) is 1.12. The normalized spacial score (nSPS) is 10.9. The quantitative estimate of drug-likeness (QED) is 0.621. The van der Waals surface area contributed by atoms with Crippen LogP contribution >= 0.6 is 12.2 Å². The molecular formula is C8H9N3OS. The highest BCUT2D eigenvalue weighted by Crippen LogP contribution is 2.10. The summed E-state index contributed by atoms with van der Waals surface area (Å²) >= 11 is 4.86. The van der Waals surface area contributed by atoms with Crippen LogP contribution in [0.5, 0.6) is 0 Å². The van der Waals surface area contributed by atoms with Crippen LogP contribution in [0.25, 0.3) is 11.0 Å². The Morgan fingerprint density at radius 1 is 1.46 bits per heavy atom. The number of nitrogens with one attached hydrogen (secondary N) is 2. The molecule has 0 saturated heterocycles. The van der Waals surface area contributed by atoms with Gasteiger partial charge in [0.1, 0.15) is 5.52 Å². The predicted octanol–water partition coefficient (Wildman–Crippen LogP) is 1.23. The summed E-state index contributed by atoms with van der Waals surface area (Å²) in [6, 6.07) is 1.90. The molecule has 2 rings (SSSR count). The fourth-order valence-corrected chi connectivity index (χ4v) is 1.62. The lowest BCUT2D eigenvalue weighted by molar-refractivity contribution is 0.907. The van der Waals surface area contributed by atoms with Crippen molar-refractivity contribution in [3.05, 3.63) is 26.9 Å². The van der Waals surface area contributed by atoms with Crippen LogP contribution in [0.2, 0.25) is 0 Å². The Hall–Kier alpha value is -1.36. The summed E-state index contributed by atoms with van der Waals surface area (Å²) in [7, 11) is 1.85. The van der Waals surface area contributed by atoms with Gasteiger partial charge in [0.2, 0.25) is 0 Å². The van der Waals surface area contributed by atoms with E-state index in [1.54, 1.807) is 0 Å². The Kier molecular flexibility index (Phi) is 1.63. The maximum absolute atomic E-state index is 11.5. The van der Waals surface area contributed by atoms with E-state index >= 15 is 0 Å². The van der Waals surface area contributed by atoms with Crippen molar-refractivity contribution in [1.29, 1.82) is 0 Å². The zero-order valence-electron chi connectivity index (χ0n) is 7.34. The van der Waals surface area contributed by atoms with Crippen LogP contribution in [0, 0.1) is 11.7 Å². The first kappa shape index (κ1) is 8.25. The molecule has 0 aromatic carbocycles. The van der Waals surface area contributed by atoms with E-state index in [-0.39, 0.29) is 5.56 Å². The second-order valence-corrected chi connectivity index (χ2v) is 3.42. The van der Waals surface area contributed by atoms with Crippen molar-refractivity contribution in [2.24, 2.45) is 7.05 Å². The summed E-state index contributed by atoms with van der Waals surface area (Å²) in [5, 5.41) is 0. The van der Waals surface area contributed by atoms with Gasteiger partial charge < -0.3 is 9.55 Å². The average molecular weight is 195 g/mol. The number of H-pyrrole nitrogens is 2. The van der Waals surface area contributed by atoms with Crippen molar-refractivity contribution in [1.82, 2.24) is 14.5 Å². The van der Waals surface area contributed by atoms with E-state index in [4.69, 9.17) is 12.2 Å². The van der Waals surface area contributed by atoms with Crippen LogP contribution < -0.4 is 5.56 Å². The molecule has 2 N–H and O–H groups in total. The Morgan fingerprint density at radius 3 is 2.85 bits per heavy atom. The minimum Gasteiger partial charge on any atom is -0.342 e. The molecule has 4 nitrogen and oxygen atoms in total. The van der Waals surface area contributed by atoms with Gasteiger partial charge >= 0.3 is 0 Å². The Bertz CT molecular complexity index is 575. The van der Waals surface area contributed by atoms with Gasteiger partial charge in [0, 0.05) is 12.7 Å². The van der Waals surface area contributed by atoms with Gasteiger partial charge in [0.25, 0.3) is 5.56 Å². The molecule has 2 heterocycles. The summed E-state index contributed by atoms with van der Waals surface area (Å²) in [5.41, 5.74) is 2.30. The molecule has 0 aliphatic rings. The topological polar surface area (TPSA) is 53.6 Å². The molecule has 0 saturated carbocycles. The highest BCUT2D eigenvalue weighted by atomic mass is 32.1. The summed E-state index contributed by atoms with van der Waals surface area (Å²) < 4.78 is 2.20. The molecule has 0 radical (unpaired) electrons. The van der Waals surface area contributed by atoms with Gasteiger partial charge in [0.15, 0.2) is 4.77 Å². The third-order valence-corrected chi connectivity index (χ3v) is 2.37. The lowest BCUT2D eigenvalue weighted by atomic mass is 10.4. The fraction of sp³-hybridized carbons (Fsp3) is 0.250. The number of hydrogen-bond acceptors (Lipinski definition) is 2.